The highest BCUT2D eigenvalue weighted by Crippen LogP contribution is 2.45. The zero-order valence-corrected chi connectivity index (χ0v) is 11.7. The van der Waals surface area contributed by atoms with Crippen LogP contribution in [-0.2, 0) is 0 Å². The molecule has 0 aromatic heterocycles. The van der Waals surface area contributed by atoms with Gasteiger partial charge in [-0.2, -0.15) is 0 Å². The molecule has 1 heteroatoms. The quantitative estimate of drug-likeness (QED) is 0.628. The summed E-state index contributed by atoms with van der Waals surface area (Å²) < 4.78 is 0. The average Bonchev–Trinajstić information content (AvgIpc) is 2.54. The van der Waals surface area contributed by atoms with Crippen molar-refractivity contribution in [3.8, 4) is 0 Å². The molecule has 96 valence electrons. The summed E-state index contributed by atoms with van der Waals surface area (Å²) in [5.74, 6) is 0.377. The van der Waals surface area contributed by atoms with Crippen molar-refractivity contribution in [3.63, 3.8) is 0 Å². The Morgan fingerprint density at radius 1 is 0.842 bits per heavy atom. The van der Waals surface area contributed by atoms with Crippen molar-refractivity contribution in [1.82, 2.24) is 0 Å². The molecule has 0 spiro atoms. The van der Waals surface area contributed by atoms with Crippen molar-refractivity contribution in [2.24, 2.45) is 10.4 Å². The summed E-state index contributed by atoms with van der Waals surface area (Å²) in [7, 11) is 0. The molecule has 0 bridgehead atoms. The van der Waals surface area contributed by atoms with Gasteiger partial charge in [0.05, 0.1) is 5.69 Å². The van der Waals surface area contributed by atoms with Crippen molar-refractivity contribution in [3.05, 3.63) is 65.2 Å². The molecule has 0 amide bonds. The molecule has 1 heterocycles. The van der Waals surface area contributed by atoms with Crippen LogP contribution < -0.4 is 0 Å². The Hall–Kier alpha value is -1.89. The molecule has 2 aromatic rings. The lowest BCUT2D eigenvalue weighted by Gasteiger charge is -2.32. The molecular weight excluding hydrogens is 230 g/mol. The molecule has 0 fully saturated rings. The maximum Gasteiger partial charge on any atom is 0.0668 e. The highest BCUT2D eigenvalue weighted by Gasteiger charge is 2.31. The van der Waals surface area contributed by atoms with Gasteiger partial charge in [-0.25, -0.2) is 0 Å². The van der Waals surface area contributed by atoms with E-state index in [0.717, 1.165) is 5.69 Å². The molecule has 1 nitrogen and oxygen atoms in total. The Morgan fingerprint density at radius 2 is 1.47 bits per heavy atom. The first-order valence-corrected chi connectivity index (χ1v) is 6.79. The second-order valence-electron chi connectivity index (χ2n) is 6.24. The SMILES string of the molecule is CC(C)(C)C1c2ccccc2C=Nc2ccccc21. The minimum absolute atomic E-state index is 0.167. The lowest BCUT2D eigenvalue weighted by Crippen LogP contribution is -2.20. The molecule has 2 aromatic carbocycles. The largest absolute Gasteiger partial charge is 0.256 e. The molecule has 0 radical (unpaired) electrons. The van der Waals surface area contributed by atoms with E-state index < -0.39 is 0 Å². The van der Waals surface area contributed by atoms with Gasteiger partial charge >= 0.3 is 0 Å². The third-order valence-electron chi connectivity index (χ3n) is 3.76. The van der Waals surface area contributed by atoms with Crippen molar-refractivity contribution >= 4 is 11.9 Å². The fraction of sp³-hybridized carbons (Fsp3) is 0.278. The fourth-order valence-corrected chi connectivity index (χ4v) is 2.98. The number of nitrogens with zero attached hydrogens (tertiary/aromatic N) is 1. The van der Waals surface area contributed by atoms with Crippen LogP contribution in [0.4, 0.5) is 5.69 Å². The van der Waals surface area contributed by atoms with Crippen molar-refractivity contribution in [2.75, 3.05) is 0 Å². The predicted molar refractivity (Wildman–Crippen MR) is 81.4 cm³/mol. The van der Waals surface area contributed by atoms with Crippen LogP contribution in [0.1, 0.15) is 43.4 Å². The van der Waals surface area contributed by atoms with Gasteiger partial charge in [0, 0.05) is 12.1 Å². The zero-order valence-electron chi connectivity index (χ0n) is 11.7. The van der Waals surface area contributed by atoms with Crippen molar-refractivity contribution in [1.29, 1.82) is 0 Å². The Balaban J connectivity index is 2.31. The van der Waals surface area contributed by atoms with E-state index in [1.54, 1.807) is 0 Å². The first kappa shape index (κ1) is 12.2. The fourth-order valence-electron chi connectivity index (χ4n) is 2.98. The summed E-state index contributed by atoms with van der Waals surface area (Å²) in [6.45, 7) is 6.91. The predicted octanol–water partition coefficient (Wildman–Crippen LogP) is 4.93. The number of aliphatic imine (C=N–C) groups is 1. The van der Waals surface area contributed by atoms with Crippen LogP contribution in [0.3, 0.4) is 0 Å². The summed E-state index contributed by atoms with van der Waals surface area (Å²) in [6.07, 6.45) is 2.00. The second-order valence-corrected chi connectivity index (χ2v) is 6.24. The van der Waals surface area contributed by atoms with Gasteiger partial charge in [0.1, 0.15) is 0 Å². The maximum atomic E-state index is 4.67. The van der Waals surface area contributed by atoms with E-state index in [1.807, 2.05) is 6.21 Å². The highest BCUT2D eigenvalue weighted by molar-refractivity contribution is 5.86. The van der Waals surface area contributed by atoms with Gasteiger partial charge in [0.15, 0.2) is 0 Å². The van der Waals surface area contributed by atoms with Crippen LogP contribution in [0.25, 0.3) is 0 Å². The molecule has 1 atom stereocenters. The van der Waals surface area contributed by atoms with E-state index in [9.17, 15) is 0 Å². The number of rotatable bonds is 0. The minimum atomic E-state index is 0.167. The van der Waals surface area contributed by atoms with Crippen LogP contribution in [0.5, 0.6) is 0 Å². The molecule has 3 rings (SSSR count). The normalized spacial score (nSPS) is 17.5. The van der Waals surface area contributed by atoms with Gasteiger partial charge in [-0.3, -0.25) is 4.99 Å². The first-order valence-electron chi connectivity index (χ1n) is 6.79. The molecule has 1 aliphatic heterocycles. The maximum absolute atomic E-state index is 4.67. The van der Waals surface area contributed by atoms with Gasteiger partial charge < -0.3 is 0 Å². The lowest BCUT2D eigenvalue weighted by atomic mass is 9.71. The van der Waals surface area contributed by atoms with Crippen LogP contribution in [0, 0.1) is 5.41 Å². The third kappa shape index (κ3) is 2.10. The number of benzene rings is 2. The highest BCUT2D eigenvalue weighted by atomic mass is 14.7. The molecule has 19 heavy (non-hydrogen) atoms. The van der Waals surface area contributed by atoms with Gasteiger partial charge in [-0.05, 0) is 28.2 Å². The molecular formula is C18H19N. The number of fused-ring (bicyclic) bond motifs is 2. The van der Waals surface area contributed by atoms with E-state index in [1.165, 1.54) is 16.7 Å². The van der Waals surface area contributed by atoms with E-state index >= 15 is 0 Å². The standard InChI is InChI=1S/C18H19N/c1-18(2,3)17-14-9-5-4-8-13(14)12-19-16-11-7-6-10-15(16)17/h4-12,17H,1-3H3. The van der Waals surface area contributed by atoms with Crippen molar-refractivity contribution in [2.45, 2.75) is 26.7 Å². The number of para-hydroxylation sites is 1. The molecule has 0 saturated carbocycles. The van der Waals surface area contributed by atoms with Gasteiger partial charge in [0.25, 0.3) is 0 Å². The number of hydrogen-bond acceptors (Lipinski definition) is 1. The molecule has 1 unspecified atom stereocenters. The van der Waals surface area contributed by atoms with Crippen LogP contribution in [0.15, 0.2) is 53.5 Å². The summed E-state index contributed by atoms with van der Waals surface area (Å²) in [6, 6.07) is 17.1. The first-order chi connectivity index (χ1) is 9.07. The molecule has 0 N–H and O–H groups in total. The average molecular weight is 249 g/mol. The summed E-state index contributed by atoms with van der Waals surface area (Å²) in [4.78, 5) is 4.67. The third-order valence-corrected chi connectivity index (χ3v) is 3.76. The molecule has 0 aliphatic carbocycles. The van der Waals surface area contributed by atoms with Crippen LogP contribution in [-0.4, -0.2) is 6.21 Å². The molecule has 1 aliphatic rings. The Morgan fingerprint density at radius 3 is 2.21 bits per heavy atom. The van der Waals surface area contributed by atoms with E-state index in [0.29, 0.717) is 5.92 Å². The van der Waals surface area contributed by atoms with Gasteiger partial charge in [0.2, 0.25) is 0 Å². The summed E-state index contributed by atoms with van der Waals surface area (Å²) >= 11 is 0. The van der Waals surface area contributed by atoms with Crippen LogP contribution in [0.2, 0.25) is 0 Å². The topological polar surface area (TPSA) is 12.4 Å². The number of hydrogen-bond donors (Lipinski definition) is 0. The van der Waals surface area contributed by atoms with Crippen LogP contribution >= 0.6 is 0 Å². The summed E-state index contributed by atoms with van der Waals surface area (Å²) in [5.41, 5.74) is 5.21. The van der Waals surface area contributed by atoms with E-state index in [-0.39, 0.29) is 5.41 Å². The Bertz CT molecular complexity index is 583. The van der Waals surface area contributed by atoms with E-state index in [2.05, 4.69) is 74.3 Å². The molecule has 0 saturated heterocycles. The second kappa shape index (κ2) is 4.34. The monoisotopic (exact) mass is 249 g/mol. The van der Waals surface area contributed by atoms with E-state index in [4.69, 9.17) is 0 Å². The Kier molecular flexibility index (Phi) is 2.78. The lowest BCUT2D eigenvalue weighted by molar-refractivity contribution is 0.359. The Labute approximate surface area is 115 Å². The smallest absolute Gasteiger partial charge is 0.0668 e. The summed E-state index contributed by atoms with van der Waals surface area (Å²) in [5, 5.41) is 0. The van der Waals surface area contributed by atoms with Gasteiger partial charge in [-0.1, -0.05) is 63.2 Å². The van der Waals surface area contributed by atoms with Gasteiger partial charge in [-0.15, -0.1) is 0 Å². The minimum Gasteiger partial charge on any atom is -0.256 e. The van der Waals surface area contributed by atoms with Crippen molar-refractivity contribution < 1.29 is 0 Å². The zero-order chi connectivity index (χ0) is 13.5.